The molecule has 0 radical (unpaired) electrons. The van der Waals surface area contributed by atoms with Crippen LogP contribution in [0.4, 0.5) is 0 Å². The van der Waals surface area contributed by atoms with Crippen LogP contribution in [0.15, 0.2) is 42.2 Å². The first kappa shape index (κ1) is 18.7. The van der Waals surface area contributed by atoms with Crippen LogP contribution >= 0.6 is 63.7 Å². The van der Waals surface area contributed by atoms with E-state index in [9.17, 15) is 5.11 Å². The number of phenols is 1. The molecule has 6 heteroatoms. The van der Waals surface area contributed by atoms with Crippen LogP contribution in [-0.4, -0.2) is 10.7 Å². The van der Waals surface area contributed by atoms with Gasteiger partial charge in [0, 0.05) is 21.9 Å². The molecule has 128 valence electrons. The molecule has 1 aliphatic heterocycles. The molecule has 0 aliphatic carbocycles. The molecule has 0 amide bonds. The van der Waals surface area contributed by atoms with Crippen molar-refractivity contribution >= 4 is 63.7 Å². The van der Waals surface area contributed by atoms with Gasteiger partial charge in [0.05, 0.1) is 13.4 Å². The van der Waals surface area contributed by atoms with Gasteiger partial charge in [-0.1, -0.05) is 22.9 Å². The highest BCUT2D eigenvalue weighted by Gasteiger charge is 2.44. The molecule has 1 N–H and O–H groups in total. The summed E-state index contributed by atoms with van der Waals surface area (Å²) in [5, 5.41) is 10.1. The zero-order valence-corrected chi connectivity index (χ0v) is 19.7. The van der Waals surface area contributed by atoms with Crippen LogP contribution < -0.4 is 4.74 Å². The average molecular weight is 584 g/mol. The summed E-state index contributed by atoms with van der Waals surface area (Å²) in [6.45, 7) is 6.43. The Morgan fingerprint density at radius 1 is 0.917 bits per heavy atom. The van der Waals surface area contributed by atoms with Crippen molar-refractivity contribution in [1.29, 1.82) is 0 Å². The Labute approximate surface area is 175 Å². The number of aromatic hydroxyl groups is 1. The molecule has 1 atom stereocenters. The number of hydrogen-bond acceptors (Lipinski definition) is 2. The van der Waals surface area contributed by atoms with Crippen LogP contribution in [-0.2, 0) is 5.41 Å². The van der Waals surface area contributed by atoms with Gasteiger partial charge in [-0.15, -0.1) is 0 Å². The Hall–Kier alpha value is -0.0400. The van der Waals surface area contributed by atoms with Gasteiger partial charge in [0.1, 0.15) is 17.1 Å². The Kier molecular flexibility index (Phi) is 4.91. The van der Waals surface area contributed by atoms with Gasteiger partial charge in [-0.3, -0.25) is 0 Å². The second-order valence-electron chi connectivity index (χ2n) is 6.92. The van der Waals surface area contributed by atoms with Crippen molar-refractivity contribution < 1.29 is 9.84 Å². The third-order valence-corrected chi connectivity index (χ3v) is 6.67. The molecule has 0 saturated carbocycles. The van der Waals surface area contributed by atoms with Crippen molar-refractivity contribution in [2.45, 2.75) is 38.2 Å². The second-order valence-corrected chi connectivity index (χ2v) is 10.4. The Morgan fingerprint density at radius 3 is 2.08 bits per heavy atom. The van der Waals surface area contributed by atoms with Crippen molar-refractivity contribution in [2.24, 2.45) is 0 Å². The highest BCUT2D eigenvalue weighted by atomic mass is 79.9. The summed E-state index contributed by atoms with van der Waals surface area (Å²) in [7, 11) is 0. The van der Waals surface area contributed by atoms with Crippen molar-refractivity contribution in [3.05, 3.63) is 53.3 Å². The lowest BCUT2D eigenvalue weighted by atomic mass is 9.68. The van der Waals surface area contributed by atoms with E-state index in [1.54, 1.807) is 0 Å². The maximum atomic E-state index is 10.1. The van der Waals surface area contributed by atoms with E-state index in [0.29, 0.717) is 8.95 Å². The number of fused-ring (bicyclic) bond motifs is 1. The van der Waals surface area contributed by atoms with Crippen LogP contribution in [0.2, 0.25) is 0 Å². The highest BCUT2D eigenvalue weighted by Crippen LogP contribution is 2.53. The van der Waals surface area contributed by atoms with E-state index in [4.69, 9.17) is 4.74 Å². The minimum absolute atomic E-state index is 0.212. The summed E-state index contributed by atoms with van der Waals surface area (Å²) in [5.41, 5.74) is 1.66. The quantitative estimate of drug-likeness (QED) is 0.382. The van der Waals surface area contributed by atoms with Crippen molar-refractivity contribution in [3.63, 3.8) is 0 Å². The van der Waals surface area contributed by atoms with Gasteiger partial charge < -0.3 is 9.84 Å². The van der Waals surface area contributed by atoms with E-state index in [0.717, 1.165) is 32.2 Å². The largest absolute Gasteiger partial charge is 0.506 e. The summed E-state index contributed by atoms with van der Waals surface area (Å²) in [6, 6.07) is 8.09. The molecule has 2 nitrogen and oxygen atoms in total. The van der Waals surface area contributed by atoms with E-state index in [1.165, 1.54) is 0 Å². The first-order chi connectivity index (χ1) is 11.0. The fourth-order valence-electron chi connectivity index (χ4n) is 3.47. The fraction of sp³-hybridized carbons (Fsp3) is 0.333. The molecular formula is C18H16Br4O2. The Balaban J connectivity index is 2.31. The van der Waals surface area contributed by atoms with Gasteiger partial charge in [-0.2, -0.15) is 0 Å². The molecule has 0 bridgehead atoms. The van der Waals surface area contributed by atoms with Gasteiger partial charge in [0.15, 0.2) is 0 Å². The maximum Gasteiger partial charge on any atom is 0.143 e. The van der Waals surface area contributed by atoms with Crippen LogP contribution in [0, 0.1) is 0 Å². The molecule has 2 aromatic rings. The first-order valence-corrected chi connectivity index (χ1v) is 10.6. The summed E-state index contributed by atoms with van der Waals surface area (Å²) in [5.74, 6) is 1.08. The Morgan fingerprint density at radius 2 is 1.50 bits per heavy atom. The zero-order chi connectivity index (χ0) is 17.9. The summed E-state index contributed by atoms with van der Waals surface area (Å²) in [6.07, 6.45) is 0.819. The molecule has 1 unspecified atom stereocenters. The number of phenolic OH excluding ortho intramolecular Hbond substituents is 1. The molecule has 3 rings (SSSR count). The minimum Gasteiger partial charge on any atom is -0.506 e. The minimum atomic E-state index is -0.311. The molecule has 0 spiro atoms. The molecule has 2 aromatic carbocycles. The third-order valence-electron chi connectivity index (χ3n) is 4.41. The van der Waals surface area contributed by atoms with Crippen LogP contribution in [0.1, 0.15) is 38.3 Å². The SMILES string of the molecule is CC1(C)CC(C)(c2cc(Br)c(O)c(Br)c2)c2cc(Br)cc(Br)c2O1. The normalized spacial score (nSPS) is 22.0. The second kappa shape index (κ2) is 6.29. The third kappa shape index (κ3) is 3.19. The van der Waals surface area contributed by atoms with Crippen molar-refractivity contribution in [2.75, 3.05) is 0 Å². The molecule has 0 aromatic heterocycles. The average Bonchev–Trinajstić information content (AvgIpc) is 2.45. The predicted molar refractivity (Wildman–Crippen MR) is 111 cm³/mol. The van der Waals surface area contributed by atoms with Crippen LogP contribution in [0.25, 0.3) is 0 Å². The Bertz CT molecular complexity index is 809. The maximum absolute atomic E-state index is 10.1. The zero-order valence-electron chi connectivity index (χ0n) is 13.4. The van der Waals surface area contributed by atoms with Crippen LogP contribution in [0.5, 0.6) is 11.5 Å². The number of benzene rings is 2. The summed E-state index contributed by atoms with van der Waals surface area (Å²) < 4.78 is 9.55. The molecule has 24 heavy (non-hydrogen) atoms. The molecule has 0 fully saturated rings. The fourth-order valence-corrected chi connectivity index (χ4v) is 5.97. The monoisotopic (exact) mass is 580 g/mol. The smallest absolute Gasteiger partial charge is 0.143 e. The first-order valence-electron chi connectivity index (χ1n) is 7.40. The molecule has 0 saturated heterocycles. The number of hydrogen-bond donors (Lipinski definition) is 1. The molecular weight excluding hydrogens is 568 g/mol. The lowest BCUT2D eigenvalue weighted by molar-refractivity contribution is 0.0573. The standard InChI is InChI=1S/C18H16Br4O2/c1-17(2)8-18(3,9-4-12(20)15(23)13(21)5-9)11-6-10(19)7-14(22)16(11)24-17/h4-7,23H,8H2,1-3H3. The number of ether oxygens (including phenoxy) is 1. The van der Waals surface area contributed by atoms with Crippen LogP contribution in [0.3, 0.4) is 0 Å². The lowest BCUT2D eigenvalue weighted by Gasteiger charge is -2.45. The lowest BCUT2D eigenvalue weighted by Crippen LogP contribution is -2.43. The van der Waals surface area contributed by atoms with Crippen molar-refractivity contribution in [1.82, 2.24) is 0 Å². The van der Waals surface area contributed by atoms with Gasteiger partial charge in [-0.25, -0.2) is 0 Å². The van der Waals surface area contributed by atoms with Gasteiger partial charge in [0.25, 0.3) is 0 Å². The van der Waals surface area contributed by atoms with E-state index < -0.39 is 0 Å². The highest BCUT2D eigenvalue weighted by molar-refractivity contribution is 9.11. The number of rotatable bonds is 1. The number of halogens is 4. The molecule has 1 heterocycles. The summed E-state index contributed by atoms with van der Waals surface area (Å²) >= 11 is 14.1. The molecule has 1 aliphatic rings. The van der Waals surface area contributed by atoms with E-state index in [2.05, 4.69) is 90.6 Å². The van der Waals surface area contributed by atoms with E-state index in [-0.39, 0.29) is 16.8 Å². The van der Waals surface area contributed by atoms with E-state index >= 15 is 0 Å². The van der Waals surface area contributed by atoms with Gasteiger partial charge in [-0.05, 0) is 91.5 Å². The predicted octanol–water partition coefficient (Wildman–Crippen LogP) is 7.31. The summed E-state index contributed by atoms with van der Waals surface area (Å²) in [4.78, 5) is 0. The van der Waals surface area contributed by atoms with Gasteiger partial charge >= 0.3 is 0 Å². The van der Waals surface area contributed by atoms with Crippen molar-refractivity contribution in [3.8, 4) is 11.5 Å². The van der Waals surface area contributed by atoms with E-state index in [1.807, 2.05) is 18.2 Å². The topological polar surface area (TPSA) is 29.5 Å². The van der Waals surface area contributed by atoms with Gasteiger partial charge in [0.2, 0.25) is 0 Å².